The van der Waals surface area contributed by atoms with Crippen molar-refractivity contribution in [1.82, 2.24) is 0 Å². The van der Waals surface area contributed by atoms with E-state index < -0.39 is 11.9 Å². The van der Waals surface area contributed by atoms with Crippen molar-refractivity contribution in [3.63, 3.8) is 0 Å². The molecular weight excluding hydrogens is 228 g/mol. The van der Waals surface area contributed by atoms with Crippen LogP contribution in [0.1, 0.15) is 58.3 Å². The molecule has 0 aromatic carbocycles. The second-order valence-electron chi connectivity index (χ2n) is 6.19. The highest BCUT2D eigenvalue weighted by molar-refractivity contribution is 5.88. The molecule has 18 heavy (non-hydrogen) atoms. The van der Waals surface area contributed by atoms with Gasteiger partial charge in [-0.3, -0.25) is 9.59 Å². The highest BCUT2D eigenvalue weighted by Crippen LogP contribution is 2.37. The predicted molar refractivity (Wildman–Crippen MR) is 69.2 cm³/mol. The van der Waals surface area contributed by atoms with Crippen LogP contribution in [0.5, 0.6) is 0 Å². The number of carboxylic acid groups (broad SMARTS) is 1. The zero-order valence-electron chi connectivity index (χ0n) is 11.2. The van der Waals surface area contributed by atoms with Crippen LogP contribution in [0.15, 0.2) is 0 Å². The third kappa shape index (κ3) is 2.93. The molecule has 0 aliphatic heterocycles. The molecule has 2 aliphatic carbocycles. The quantitative estimate of drug-likeness (QED) is 0.838. The number of carbonyl (C=O) groups excluding carboxylic acids is 1. The normalized spacial score (nSPS) is 37.2. The average Bonchev–Trinajstić information content (AvgIpc) is 2.39. The van der Waals surface area contributed by atoms with Gasteiger partial charge in [0.15, 0.2) is 0 Å². The van der Waals surface area contributed by atoms with Crippen LogP contribution in [0.2, 0.25) is 0 Å². The summed E-state index contributed by atoms with van der Waals surface area (Å²) in [7, 11) is 0. The summed E-state index contributed by atoms with van der Waals surface area (Å²) in [6, 6.07) is 0. The summed E-state index contributed by atoms with van der Waals surface area (Å²) >= 11 is 0. The highest BCUT2D eigenvalue weighted by atomic mass is 16.4. The fourth-order valence-electron chi connectivity index (χ4n) is 3.61. The molecule has 102 valence electrons. The van der Waals surface area contributed by atoms with Gasteiger partial charge in [0.25, 0.3) is 0 Å². The molecule has 2 atom stereocenters. The molecule has 0 heterocycles. The molecule has 0 radical (unpaired) electrons. The van der Waals surface area contributed by atoms with E-state index in [0.717, 1.165) is 50.9 Å². The molecule has 0 aromatic heterocycles. The summed E-state index contributed by atoms with van der Waals surface area (Å²) in [5.41, 5.74) is 0. The van der Waals surface area contributed by atoms with Gasteiger partial charge in [-0.1, -0.05) is 32.6 Å². The van der Waals surface area contributed by atoms with Crippen molar-refractivity contribution in [3.05, 3.63) is 0 Å². The lowest BCUT2D eigenvalue weighted by Gasteiger charge is -2.33. The van der Waals surface area contributed by atoms with Gasteiger partial charge in [-0.15, -0.1) is 0 Å². The summed E-state index contributed by atoms with van der Waals surface area (Å²) < 4.78 is 0. The number of ketones is 1. The lowest BCUT2D eigenvalue weighted by Crippen LogP contribution is -2.37. The zero-order chi connectivity index (χ0) is 13.1. The summed E-state index contributed by atoms with van der Waals surface area (Å²) in [4.78, 5) is 23.8. The molecule has 3 nitrogen and oxygen atoms in total. The minimum absolute atomic E-state index is 0.145. The number of rotatable bonds is 3. The smallest absolute Gasteiger partial charge is 0.307 e. The third-order valence-electron chi connectivity index (χ3n) is 4.87. The average molecular weight is 252 g/mol. The van der Waals surface area contributed by atoms with E-state index >= 15 is 0 Å². The van der Waals surface area contributed by atoms with Crippen molar-refractivity contribution >= 4 is 11.8 Å². The minimum Gasteiger partial charge on any atom is -0.481 e. The van der Waals surface area contributed by atoms with Crippen molar-refractivity contribution in [2.75, 3.05) is 0 Å². The maximum absolute atomic E-state index is 12.5. The summed E-state index contributed by atoms with van der Waals surface area (Å²) in [5, 5.41) is 9.25. The Hall–Kier alpha value is -0.860. The molecule has 0 bridgehead atoms. The van der Waals surface area contributed by atoms with Gasteiger partial charge in [0.05, 0.1) is 5.92 Å². The molecule has 2 rings (SSSR count). The fraction of sp³-hybridized carbons (Fsp3) is 0.867. The lowest BCUT2D eigenvalue weighted by molar-refractivity contribution is -0.149. The number of carbonyl (C=O) groups is 2. The first-order chi connectivity index (χ1) is 8.59. The Bertz CT molecular complexity index is 316. The molecule has 2 saturated carbocycles. The summed E-state index contributed by atoms with van der Waals surface area (Å²) in [5.74, 6) is -0.242. The van der Waals surface area contributed by atoms with Crippen molar-refractivity contribution in [2.45, 2.75) is 58.3 Å². The van der Waals surface area contributed by atoms with Crippen LogP contribution in [0.4, 0.5) is 0 Å². The molecule has 2 aliphatic rings. The molecule has 0 unspecified atom stereocenters. The third-order valence-corrected chi connectivity index (χ3v) is 4.87. The standard InChI is InChI=1S/C15H24O3/c1-10-6-8-11(9-7-10)14(16)12-4-2-3-5-13(12)15(17)18/h10-13H,2-9H2,1H3,(H,17,18)/t10?,11?,12-,13-/m1/s1. The van der Waals surface area contributed by atoms with E-state index in [1.807, 2.05) is 0 Å². The molecule has 3 heteroatoms. The Morgan fingerprint density at radius 1 is 0.889 bits per heavy atom. The van der Waals surface area contributed by atoms with Gasteiger partial charge in [-0.2, -0.15) is 0 Å². The van der Waals surface area contributed by atoms with Gasteiger partial charge in [0, 0.05) is 11.8 Å². The molecule has 0 saturated heterocycles. The van der Waals surface area contributed by atoms with Crippen LogP contribution in [-0.2, 0) is 9.59 Å². The van der Waals surface area contributed by atoms with Gasteiger partial charge >= 0.3 is 5.97 Å². The van der Waals surface area contributed by atoms with E-state index in [0.29, 0.717) is 6.42 Å². The van der Waals surface area contributed by atoms with Crippen molar-refractivity contribution in [3.8, 4) is 0 Å². The number of hydrogen-bond donors (Lipinski definition) is 1. The van der Waals surface area contributed by atoms with Crippen LogP contribution in [-0.4, -0.2) is 16.9 Å². The first kappa shape index (κ1) is 13.6. The van der Waals surface area contributed by atoms with Gasteiger partial charge in [0.2, 0.25) is 0 Å². The summed E-state index contributed by atoms with van der Waals surface area (Å²) in [6.07, 6.45) is 7.66. The van der Waals surface area contributed by atoms with Gasteiger partial charge in [0.1, 0.15) is 5.78 Å². The number of Topliss-reactive ketones (excluding diaryl/α,β-unsaturated/α-hetero) is 1. The van der Waals surface area contributed by atoms with Crippen LogP contribution >= 0.6 is 0 Å². The lowest BCUT2D eigenvalue weighted by atomic mass is 9.70. The molecule has 0 amide bonds. The Balaban J connectivity index is 2.00. The van der Waals surface area contributed by atoms with Crippen LogP contribution in [0.25, 0.3) is 0 Å². The largest absolute Gasteiger partial charge is 0.481 e. The molecule has 0 spiro atoms. The Morgan fingerprint density at radius 3 is 2.00 bits per heavy atom. The minimum atomic E-state index is -0.766. The molecule has 2 fully saturated rings. The second-order valence-corrected chi connectivity index (χ2v) is 6.19. The predicted octanol–water partition coefficient (Wildman–Crippen LogP) is 3.27. The summed E-state index contributed by atoms with van der Waals surface area (Å²) in [6.45, 7) is 2.24. The molecular formula is C15H24O3. The van der Waals surface area contributed by atoms with Crippen molar-refractivity contribution in [1.29, 1.82) is 0 Å². The van der Waals surface area contributed by atoms with Crippen LogP contribution in [0.3, 0.4) is 0 Å². The first-order valence-electron chi connectivity index (χ1n) is 7.36. The van der Waals surface area contributed by atoms with Crippen molar-refractivity contribution in [2.24, 2.45) is 23.7 Å². The monoisotopic (exact) mass is 252 g/mol. The highest BCUT2D eigenvalue weighted by Gasteiger charge is 2.39. The van der Waals surface area contributed by atoms with Gasteiger partial charge in [-0.05, 0) is 31.6 Å². The molecule has 0 aromatic rings. The second kappa shape index (κ2) is 5.85. The topological polar surface area (TPSA) is 54.4 Å². The first-order valence-corrected chi connectivity index (χ1v) is 7.36. The van der Waals surface area contributed by atoms with E-state index in [4.69, 9.17) is 0 Å². The number of aliphatic carboxylic acids is 1. The SMILES string of the molecule is CC1CCC(C(=O)[C@@H]2CCCC[C@H]2C(=O)O)CC1. The zero-order valence-corrected chi connectivity index (χ0v) is 11.2. The van der Waals surface area contributed by atoms with Gasteiger partial charge in [-0.25, -0.2) is 0 Å². The van der Waals surface area contributed by atoms with Crippen LogP contribution < -0.4 is 0 Å². The van der Waals surface area contributed by atoms with E-state index in [2.05, 4.69) is 6.92 Å². The molecule has 1 N–H and O–H groups in total. The van der Waals surface area contributed by atoms with E-state index in [9.17, 15) is 14.7 Å². The Labute approximate surface area is 109 Å². The fourth-order valence-corrected chi connectivity index (χ4v) is 3.61. The Kier molecular flexibility index (Phi) is 4.41. The maximum Gasteiger partial charge on any atom is 0.307 e. The van der Waals surface area contributed by atoms with E-state index in [-0.39, 0.29) is 17.6 Å². The number of hydrogen-bond acceptors (Lipinski definition) is 2. The van der Waals surface area contributed by atoms with E-state index in [1.54, 1.807) is 0 Å². The van der Waals surface area contributed by atoms with Crippen LogP contribution in [0, 0.1) is 23.7 Å². The number of carboxylic acids is 1. The van der Waals surface area contributed by atoms with Gasteiger partial charge < -0.3 is 5.11 Å². The maximum atomic E-state index is 12.5. The Morgan fingerprint density at radius 2 is 1.44 bits per heavy atom. The van der Waals surface area contributed by atoms with E-state index in [1.165, 1.54) is 0 Å². The van der Waals surface area contributed by atoms with Crippen molar-refractivity contribution < 1.29 is 14.7 Å².